The van der Waals surface area contributed by atoms with Crippen LogP contribution in [0.25, 0.3) is 10.4 Å². The average molecular weight is 547 g/mol. The van der Waals surface area contributed by atoms with Crippen molar-refractivity contribution in [3.05, 3.63) is 59.3 Å². The number of benzene rings is 2. The quantitative estimate of drug-likeness (QED) is 0.151. The number of hydroxylamine groups is 1. The number of aromatic nitrogens is 1. The molecule has 2 amide bonds. The van der Waals surface area contributed by atoms with Gasteiger partial charge in [0.15, 0.2) is 5.13 Å². The molecule has 0 saturated carbocycles. The molecule has 1 heterocycles. The number of rotatable bonds is 12. The van der Waals surface area contributed by atoms with E-state index in [1.165, 1.54) is 36.6 Å². The number of carbonyl (C=O) groups is 2. The van der Waals surface area contributed by atoms with Gasteiger partial charge in [-0.1, -0.05) is 43.2 Å². The van der Waals surface area contributed by atoms with Crippen LogP contribution in [-0.2, 0) is 21.4 Å². The predicted molar refractivity (Wildman–Crippen MR) is 141 cm³/mol. The summed E-state index contributed by atoms with van der Waals surface area (Å²) in [4.78, 5) is 28.8. The van der Waals surface area contributed by atoms with Gasteiger partial charge in [0.05, 0.1) is 17.7 Å². The number of hydrogen-bond acceptors (Lipinski definition) is 8. The van der Waals surface area contributed by atoms with Gasteiger partial charge in [-0.25, -0.2) is 23.6 Å². The second-order valence-corrected chi connectivity index (χ2v) is 11.0. The highest BCUT2D eigenvalue weighted by Gasteiger charge is 2.22. The molecule has 10 nitrogen and oxygen atoms in total. The number of aryl methyl sites for hydroxylation is 1. The van der Waals surface area contributed by atoms with E-state index in [1.54, 1.807) is 36.7 Å². The fourth-order valence-electron chi connectivity index (χ4n) is 3.56. The summed E-state index contributed by atoms with van der Waals surface area (Å²) in [5.74, 6) is -0.579. The third-order valence-electron chi connectivity index (χ3n) is 5.55. The summed E-state index contributed by atoms with van der Waals surface area (Å²) in [6.07, 6.45) is 3.25. The molecule has 0 fully saturated rings. The lowest BCUT2D eigenvalue weighted by Gasteiger charge is -2.12. The molecule has 0 bridgehead atoms. The molecule has 0 atom stereocenters. The minimum absolute atomic E-state index is 0.0233. The fourth-order valence-corrected chi connectivity index (χ4v) is 5.75. The number of nitrogens with one attached hydrogen (secondary N) is 3. The maximum Gasteiger partial charge on any atom is 0.274 e. The summed E-state index contributed by atoms with van der Waals surface area (Å²) in [5.41, 5.74) is 3.69. The Hall–Kier alpha value is -3.32. The molecule has 3 rings (SSSR count). The zero-order chi connectivity index (χ0) is 27.0. The van der Waals surface area contributed by atoms with Crippen LogP contribution >= 0.6 is 11.3 Å². The van der Waals surface area contributed by atoms with Crippen molar-refractivity contribution in [3.8, 4) is 16.2 Å². The van der Waals surface area contributed by atoms with Crippen LogP contribution in [0.5, 0.6) is 5.75 Å². The van der Waals surface area contributed by atoms with Crippen molar-refractivity contribution in [1.82, 2.24) is 15.2 Å². The Bertz CT molecular complexity index is 1350. The van der Waals surface area contributed by atoms with E-state index in [4.69, 9.17) is 9.94 Å². The van der Waals surface area contributed by atoms with E-state index >= 15 is 0 Å². The van der Waals surface area contributed by atoms with Crippen molar-refractivity contribution in [3.63, 3.8) is 0 Å². The number of ether oxygens (including phenoxy) is 1. The summed E-state index contributed by atoms with van der Waals surface area (Å²) >= 11 is 1.28. The van der Waals surface area contributed by atoms with Gasteiger partial charge in [-0.05, 0) is 54.8 Å². The number of anilines is 1. The Morgan fingerprint density at radius 1 is 1.11 bits per heavy atom. The van der Waals surface area contributed by atoms with E-state index in [1.807, 2.05) is 0 Å². The molecule has 0 aliphatic rings. The first-order chi connectivity index (χ1) is 17.7. The molecule has 0 aliphatic carbocycles. The molecule has 3 aromatic rings. The van der Waals surface area contributed by atoms with Gasteiger partial charge in [-0.2, -0.15) is 0 Å². The molecule has 198 valence electrons. The van der Waals surface area contributed by atoms with Crippen LogP contribution in [0, 0.1) is 6.92 Å². The van der Waals surface area contributed by atoms with Crippen molar-refractivity contribution in [1.29, 1.82) is 0 Å². The maximum atomic E-state index is 13.2. The highest BCUT2D eigenvalue weighted by atomic mass is 32.2. The normalized spacial score (nSPS) is 11.2. The van der Waals surface area contributed by atoms with Gasteiger partial charge in [0.25, 0.3) is 5.91 Å². The number of unbranched alkanes of at least 4 members (excludes halogenated alkanes) is 2. The van der Waals surface area contributed by atoms with Gasteiger partial charge in [0, 0.05) is 18.5 Å². The number of sulfonamides is 1. The Labute approximate surface area is 220 Å². The first-order valence-electron chi connectivity index (χ1n) is 11.7. The van der Waals surface area contributed by atoms with Crippen LogP contribution in [-0.4, -0.2) is 37.5 Å². The summed E-state index contributed by atoms with van der Waals surface area (Å²) in [7, 11) is -2.59. The van der Waals surface area contributed by atoms with Crippen molar-refractivity contribution >= 4 is 38.3 Å². The summed E-state index contributed by atoms with van der Waals surface area (Å²) in [5, 5.41) is 12.0. The van der Waals surface area contributed by atoms with Crippen LogP contribution in [0.1, 0.15) is 54.2 Å². The number of nitrogens with zero attached hydrogens (tertiary/aromatic N) is 1. The van der Waals surface area contributed by atoms with E-state index in [9.17, 15) is 18.0 Å². The minimum Gasteiger partial charge on any atom is -0.495 e. The van der Waals surface area contributed by atoms with Crippen LogP contribution in [0.3, 0.4) is 0 Å². The van der Waals surface area contributed by atoms with Crippen molar-refractivity contribution in [2.75, 3.05) is 12.4 Å². The first-order valence-corrected chi connectivity index (χ1v) is 14.0. The molecule has 2 aromatic carbocycles. The van der Waals surface area contributed by atoms with Crippen LogP contribution in [0.4, 0.5) is 5.13 Å². The molecule has 0 radical (unpaired) electrons. The standard InChI is InChI=1S/C25H30N4O6S2/c1-4-5-6-7-22(30)28-25-27-16(2)23(36-25)19-12-13-20(35-3)21(14-19)37(33,34)26-15-17-8-10-18(11-9-17)24(31)29-32/h8-14,26,32H,4-7,15H2,1-3H3,(H,29,31)(H,27,28,30). The minimum atomic E-state index is -3.98. The molecule has 0 aliphatic heterocycles. The lowest BCUT2D eigenvalue weighted by molar-refractivity contribution is -0.116. The van der Waals surface area contributed by atoms with E-state index in [0.29, 0.717) is 28.4 Å². The second kappa shape index (κ2) is 12.8. The number of hydrogen-bond donors (Lipinski definition) is 4. The lowest BCUT2D eigenvalue weighted by Crippen LogP contribution is -2.24. The highest BCUT2D eigenvalue weighted by Crippen LogP contribution is 2.36. The van der Waals surface area contributed by atoms with Gasteiger partial charge in [0.2, 0.25) is 15.9 Å². The smallest absolute Gasteiger partial charge is 0.274 e. The molecule has 4 N–H and O–H groups in total. The molecule has 0 unspecified atom stereocenters. The van der Waals surface area contributed by atoms with Gasteiger partial charge in [-0.15, -0.1) is 0 Å². The Balaban J connectivity index is 1.80. The topological polar surface area (TPSA) is 147 Å². The molecule has 0 spiro atoms. The van der Waals surface area contributed by atoms with Crippen LogP contribution in [0.2, 0.25) is 0 Å². The monoisotopic (exact) mass is 546 g/mol. The van der Waals surface area contributed by atoms with Crippen molar-refractivity contribution in [2.45, 2.75) is 51.0 Å². The second-order valence-electron chi connectivity index (χ2n) is 8.27. The van der Waals surface area contributed by atoms with Gasteiger partial charge in [-0.3, -0.25) is 14.8 Å². The summed E-state index contributed by atoms with van der Waals surface area (Å²) in [6, 6.07) is 11.0. The zero-order valence-electron chi connectivity index (χ0n) is 20.8. The van der Waals surface area contributed by atoms with E-state index in [-0.39, 0.29) is 28.7 Å². The molecule has 1 aromatic heterocycles. The van der Waals surface area contributed by atoms with E-state index in [2.05, 4.69) is 21.9 Å². The van der Waals surface area contributed by atoms with E-state index in [0.717, 1.165) is 24.1 Å². The number of thiazole rings is 1. The molecular formula is C25H30N4O6S2. The molecule has 0 saturated heterocycles. The molecular weight excluding hydrogens is 516 g/mol. The zero-order valence-corrected chi connectivity index (χ0v) is 22.5. The van der Waals surface area contributed by atoms with Crippen molar-refractivity contribution < 1.29 is 28.0 Å². The third kappa shape index (κ3) is 7.35. The van der Waals surface area contributed by atoms with Crippen LogP contribution in [0.15, 0.2) is 47.4 Å². The van der Waals surface area contributed by atoms with Crippen LogP contribution < -0.4 is 20.3 Å². The largest absolute Gasteiger partial charge is 0.495 e. The third-order valence-corrected chi connectivity index (χ3v) is 8.09. The number of methoxy groups -OCH3 is 1. The summed E-state index contributed by atoms with van der Waals surface area (Å²) < 4.78 is 34.2. The Morgan fingerprint density at radius 3 is 2.49 bits per heavy atom. The predicted octanol–water partition coefficient (Wildman–Crippen LogP) is 4.24. The average Bonchev–Trinajstić information content (AvgIpc) is 3.26. The highest BCUT2D eigenvalue weighted by molar-refractivity contribution is 7.89. The van der Waals surface area contributed by atoms with E-state index < -0.39 is 15.9 Å². The lowest BCUT2D eigenvalue weighted by atomic mass is 10.1. The molecule has 37 heavy (non-hydrogen) atoms. The summed E-state index contributed by atoms with van der Waals surface area (Å²) in [6.45, 7) is 3.85. The SMILES string of the molecule is CCCCCC(=O)Nc1nc(C)c(-c2ccc(OC)c(S(=O)(=O)NCc3ccc(C(=O)NO)cc3)c2)s1. The molecule has 12 heteroatoms. The Morgan fingerprint density at radius 2 is 1.84 bits per heavy atom. The number of carbonyl (C=O) groups excluding carboxylic acids is 2. The fraction of sp³-hybridized carbons (Fsp3) is 0.320. The van der Waals surface area contributed by atoms with Gasteiger partial charge in [0.1, 0.15) is 10.6 Å². The first kappa shape index (κ1) is 28.3. The number of amides is 2. The van der Waals surface area contributed by atoms with Gasteiger partial charge >= 0.3 is 0 Å². The van der Waals surface area contributed by atoms with Crippen molar-refractivity contribution in [2.24, 2.45) is 0 Å². The maximum absolute atomic E-state index is 13.2. The Kier molecular flexibility index (Phi) is 9.75. The van der Waals surface area contributed by atoms with Gasteiger partial charge < -0.3 is 10.1 Å².